The van der Waals surface area contributed by atoms with E-state index < -0.39 is 0 Å². The maximum absolute atomic E-state index is 5.57. The highest BCUT2D eigenvalue weighted by Gasteiger charge is 2.07. The number of aryl methyl sites for hydroxylation is 1. The largest absolute Gasteiger partial charge is 0.376 e. The van der Waals surface area contributed by atoms with Gasteiger partial charge in [-0.15, -0.1) is 0 Å². The summed E-state index contributed by atoms with van der Waals surface area (Å²) in [7, 11) is 0. The Hall–Kier alpha value is -0.650. The van der Waals surface area contributed by atoms with Crippen molar-refractivity contribution in [2.45, 2.75) is 25.1 Å². The lowest BCUT2D eigenvalue weighted by Gasteiger charge is -2.13. The third-order valence-corrected chi connectivity index (χ3v) is 2.83. The Balaban J connectivity index is 2.41. The smallest absolute Gasteiger partial charge is 0.187 e. The fourth-order valence-corrected chi connectivity index (χ4v) is 1.99. The molecule has 1 atom stereocenters. The minimum Gasteiger partial charge on any atom is -0.376 e. The van der Waals surface area contributed by atoms with Gasteiger partial charge in [0.05, 0.1) is 6.10 Å². The van der Waals surface area contributed by atoms with Gasteiger partial charge < -0.3 is 10.5 Å². The molecule has 15 heavy (non-hydrogen) atoms. The third kappa shape index (κ3) is 4.59. The molecule has 1 unspecified atom stereocenters. The highest BCUT2D eigenvalue weighted by atomic mass is 32.2. The summed E-state index contributed by atoms with van der Waals surface area (Å²) in [5.74, 6) is 0.799. The van der Waals surface area contributed by atoms with E-state index in [1.165, 1.54) is 0 Å². The van der Waals surface area contributed by atoms with E-state index in [4.69, 9.17) is 10.5 Å². The standard InChI is InChI=1S/C10H17N3OS/c1-3-14-9(6-11)7-15-10-12-5-4-8(2)13-10/h4-5,9H,3,6-7,11H2,1-2H3. The van der Waals surface area contributed by atoms with Crippen molar-refractivity contribution in [3.05, 3.63) is 18.0 Å². The minimum absolute atomic E-state index is 0.0871. The summed E-state index contributed by atoms with van der Waals surface area (Å²) in [5.41, 5.74) is 6.55. The summed E-state index contributed by atoms with van der Waals surface area (Å²) < 4.78 is 5.44. The lowest BCUT2D eigenvalue weighted by Crippen LogP contribution is -2.26. The maximum Gasteiger partial charge on any atom is 0.187 e. The molecule has 1 rings (SSSR count). The van der Waals surface area contributed by atoms with Gasteiger partial charge in [0.15, 0.2) is 5.16 Å². The molecule has 1 aromatic heterocycles. The number of thioether (sulfide) groups is 1. The van der Waals surface area contributed by atoms with Crippen molar-refractivity contribution < 1.29 is 4.74 Å². The molecule has 0 aromatic carbocycles. The highest BCUT2D eigenvalue weighted by Crippen LogP contribution is 2.14. The number of aromatic nitrogens is 2. The molecule has 0 amide bonds. The van der Waals surface area contributed by atoms with Crippen LogP contribution >= 0.6 is 11.8 Å². The minimum atomic E-state index is 0.0871. The first-order valence-electron chi connectivity index (χ1n) is 5.00. The van der Waals surface area contributed by atoms with Crippen LogP contribution < -0.4 is 5.73 Å². The van der Waals surface area contributed by atoms with Gasteiger partial charge in [-0.05, 0) is 19.9 Å². The summed E-state index contributed by atoms with van der Waals surface area (Å²) in [4.78, 5) is 8.46. The van der Waals surface area contributed by atoms with E-state index in [2.05, 4.69) is 9.97 Å². The zero-order chi connectivity index (χ0) is 11.1. The van der Waals surface area contributed by atoms with Crippen LogP contribution in [-0.4, -0.2) is 35.0 Å². The van der Waals surface area contributed by atoms with Crippen LogP contribution in [0.2, 0.25) is 0 Å². The zero-order valence-electron chi connectivity index (χ0n) is 9.14. The Morgan fingerprint density at radius 2 is 2.40 bits per heavy atom. The molecule has 0 saturated carbocycles. The first kappa shape index (κ1) is 12.4. The highest BCUT2D eigenvalue weighted by molar-refractivity contribution is 7.99. The first-order chi connectivity index (χ1) is 7.26. The van der Waals surface area contributed by atoms with Gasteiger partial charge in [0.1, 0.15) is 0 Å². The van der Waals surface area contributed by atoms with Gasteiger partial charge in [-0.3, -0.25) is 0 Å². The van der Waals surface area contributed by atoms with Crippen LogP contribution in [0.3, 0.4) is 0 Å². The summed E-state index contributed by atoms with van der Waals surface area (Å²) in [6.45, 7) is 5.15. The monoisotopic (exact) mass is 227 g/mol. The molecule has 0 spiro atoms. The first-order valence-corrected chi connectivity index (χ1v) is 5.99. The van der Waals surface area contributed by atoms with Crippen LogP contribution in [0.25, 0.3) is 0 Å². The zero-order valence-corrected chi connectivity index (χ0v) is 9.96. The molecular formula is C10H17N3OS. The Bertz CT molecular complexity index is 296. The molecule has 1 heterocycles. The predicted octanol–water partition coefficient (Wildman–Crippen LogP) is 1.24. The number of ether oxygens (including phenoxy) is 1. The van der Waals surface area contributed by atoms with Gasteiger partial charge in [-0.2, -0.15) is 0 Å². The summed E-state index contributed by atoms with van der Waals surface area (Å²) in [6, 6.07) is 1.88. The summed E-state index contributed by atoms with van der Waals surface area (Å²) in [5, 5.41) is 0.785. The van der Waals surface area contributed by atoms with Crippen molar-refractivity contribution in [1.82, 2.24) is 9.97 Å². The topological polar surface area (TPSA) is 61.0 Å². The van der Waals surface area contributed by atoms with Crippen LogP contribution in [0.1, 0.15) is 12.6 Å². The van der Waals surface area contributed by atoms with Crippen molar-refractivity contribution in [1.29, 1.82) is 0 Å². The Kier molecular flexibility index (Phi) is 5.60. The van der Waals surface area contributed by atoms with Gasteiger partial charge in [0.2, 0.25) is 0 Å². The molecule has 0 fully saturated rings. The SMILES string of the molecule is CCOC(CN)CSc1nccc(C)n1. The van der Waals surface area contributed by atoms with Gasteiger partial charge in [-0.1, -0.05) is 11.8 Å². The van der Waals surface area contributed by atoms with Crippen molar-refractivity contribution in [3.63, 3.8) is 0 Å². The fraction of sp³-hybridized carbons (Fsp3) is 0.600. The molecule has 0 radical (unpaired) electrons. The fourth-order valence-electron chi connectivity index (χ4n) is 1.08. The molecule has 4 nitrogen and oxygen atoms in total. The second-order valence-electron chi connectivity index (χ2n) is 3.10. The normalized spacial score (nSPS) is 12.7. The van der Waals surface area contributed by atoms with E-state index in [1.807, 2.05) is 19.9 Å². The molecule has 0 bridgehead atoms. The molecule has 0 aliphatic heterocycles. The van der Waals surface area contributed by atoms with Crippen LogP contribution in [0.15, 0.2) is 17.4 Å². The summed E-state index contributed by atoms with van der Waals surface area (Å²) >= 11 is 1.58. The van der Waals surface area contributed by atoms with Crippen LogP contribution in [0.4, 0.5) is 0 Å². The Morgan fingerprint density at radius 1 is 1.60 bits per heavy atom. The predicted molar refractivity (Wildman–Crippen MR) is 62.0 cm³/mol. The van der Waals surface area contributed by atoms with Gasteiger partial charge >= 0.3 is 0 Å². The van der Waals surface area contributed by atoms with E-state index in [-0.39, 0.29) is 6.10 Å². The molecule has 0 aliphatic rings. The average Bonchev–Trinajstić information content (AvgIpc) is 2.24. The number of nitrogens with zero attached hydrogens (tertiary/aromatic N) is 2. The number of hydrogen-bond donors (Lipinski definition) is 1. The summed E-state index contributed by atoms with van der Waals surface area (Å²) in [6.07, 6.45) is 1.85. The maximum atomic E-state index is 5.57. The van der Waals surface area contributed by atoms with E-state index in [0.717, 1.165) is 16.6 Å². The molecule has 0 saturated heterocycles. The van der Waals surface area contributed by atoms with Crippen molar-refractivity contribution in [2.75, 3.05) is 18.9 Å². The van der Waals surface area contributed by atoms with E-state index in [9.17, 15) is 0 Å². The van der Waals surface area contributed by atoms with E-state index in [1.54, 1.807) is 18.0 Å². The lowest BCUT2D eigenvalue weighted by atomic mass is 10.4. The number of nitrogens with two attached hydrogens (primary N) is 1. The quantitative estimate of drug-likeness (QED) is 0.585. The number of hydrogen-bond acceptors (Lipinski definition) is 5. The van der Waals surface area contributed by atoms with Crippen molar-refractivity contribution in [3.8, 4) is 0 Å². The number of rotatable bonds is 6. The van der Waals surface area contributed by atoms with Crippen LogP contribution in [0.5, 0.6) is 0 Å². The van der Waals surface area contributed by atoms with Gasteiger partial charge in [0.25, 0.3) is 0 Å². The van der Waals surface area contributed by atoms with Crippen LogP contribution in [0, 0.1) is 6.92 Å². The molecule has 0 aliphatic carbocycles. The van der Waals surface area contributed by atoms with Crippen LogP contribution in [-0.2, 0) is 4.74 Å². The van der Waals surface area contributed by atoms with Crippen molar-refractivity contribution >= 4 is 11.8 Å². The third-order valence-electron chi connectivity index (χ3n) is 1.84. The second-order valence-corrected chi connectivity index (χ2v) is 4.09. The van der Waals surface area contributed by atoms with Crippen molar-refractivity contribution in [2.24, 2.45) is 5.73 Å². The molecule has 84 valence electrons. The van der Waals surface area contributed by atoms with Gasteiger partial charge in [-0.25, -0.2) is 9.97 Å². The lowest BCUT2D eigenvalue weighted by molar-refractivity contribution is 0.0858. The molecule has 1 aromatic rings. The second kappa shape index (κ2) is 6.76. The van der Waals surface area contributed by atoms with E-state index in [0.29, 0.717) is 13.2 Å². The average molecular weight is 227 g/mol. The molecule has 5 heteroatoms. The Labute approximate surface area is 94.6 Å². The van der Waals surface area contributed by atoms with Gasteiger partial charge in [0, 0.05) is 30.8 Å². The molecular weight excluding hydrogens is 210 g/mol. The molecule has 2 N–H and O–H groups in total. The van der Waals surface area contributed by atoms with E-state index >= 15 is 0 Å². The Morgan fingerprint density at radius 3 is 3.00 bits per heavy atom.